The quantitative estimate of drug-likeness (QED) is 0.841. The number of carboxylic acid groups (broad SMARTS) is 1. The maximum absolute atomic E-state index is 12.2. The molecule has 1 aromatic heterocycles. The van der Waals surface area contributed by atoms with Crippen LogP contribution in [0.4, 0.5) is 4.79 Å². The minimum atomic E-state index is -0.985. The van der Waals surface area contributed by atoms with E-state index in [0.717, 1.165) is 16.0 Å². The molecule has 1 aromatic rings. The Morgan fingerprint density at radius 2 is 2.30 bits per heavy atom. The first-order valence-electron chi connectivity index (χ1n) is 6.47. The van der Waals surface area contributed by atoms with Crippen LogP contribution in [0.25, 0.3) is 0 Å². The number of nitrogens with one attached hydrogen (secondary N) is 1. The Labute approximate surface area is 121 Å². The lowest BCUT2D eigenvalue weighted by Crippen LogP contribution is -2.47. The molecule has 1 aliphatic rings. The van der Waals surface area contributed by atoms with E-state index in [4.69, 9.17) is 0 Å². The third-order valence-corrected chi connectivity index (χ3v) is 4.22. The van der Waals surface area contributed by atoms with Gasteiger partial charge in [0.25, 0.3) is 0 Å². The molecular weight excluding hydrogens is 276 g/mol. The van der Waals surface area contributed by atoms with Crippen LogP contribution in [-0.2, 0) is 11.2 Å². The van der Waals surface area contributed by atoms with Crippen LogP contribution in [-0.4, -0.2) is 35.1 Å². The number of carbonyl (C=O) groups is 2. The average Bonchev–Trinajstić information content (AvgIpc) is 2.84. The molecule has 2 N–H and O–H groups in total. The number of aliphatic carboxylic acids is 1. The van der Waals surface area contributed by atoms with Crippen LogP contribution >= 0.6 is 11.3 Å². The molecule has 2 amide bonds. The number of carboxylic acids is 1. The van der Waals surface area contributed by atoms with Gasteiger partial charge in [-0.05, 0) is 37.3 Å². The summed E-state index contributed by atoms with van der Waals surface area (Å²) >= 11 is 1.55. The van der Waals surface area contributed by atoms with Crippen LogP contribution in [0.5, 0.6) is 0 Å². The van der Waals surface area contributed by atoms with Gasteiger partial charge in [-0.3, -0.25) is 0 Å². The molecule has 1 aliphatic heterocycles. The van der Waals surface area contributed by atoms with Gasteiger partial charge in [0.2, 0.25) is 0 Å². The summed E-state index contributed by atoms with van der Waals surface area (Å²) < 4.78 is 0. The predicted octanol–water partition coefficient (Wildman–Crippen LogP) is 2.41. The highest BCUT2D eigenvalue weighted by Gasteiger charge is 2.36. The number of thiophene rings is 1. The molecule has 0 saturated heterocycles. The minimum absolute atomic E-state index is 0.327. The van der Waals surface area contributed by atoms with Crippen LogP contribution in [0.15, 0.2) is 23.1 Å². The monoisotopic (exact) mass is 294 g/mol. The molecule has 0 fully saturated rings. The summed E-state index contributed by atoms with van der Waals surface area (Å²) in [7, 11) is 0. The Balaban J connectivity index is 2.13. The molecule has 6 heteroatoms. The number of hydrogen-bond donors (Lipinski definition) is 2. The number of allylic oxidation sites excluding steroid dienone is 1. The Hall–Kier alpha value is -1.82. The van der Waals surface area contributed by atoms with Crippen molar-refractivity contribution in [3.8, 4) is 0 Å². The molecule has 2 heterocycles. The van der Waals surface area contributed by atoms with E-state index >= 15 is 0 Å². The van der Waals surface area contributed by atoms with E-state index in [9.17, 15) is 14.7 Å². The van der Waals surface area contributed by atoms with E-state index in [0.29, 0.717) is 19.5 Å². The molecule has 0 saturated carbocycles. The van der Waals surface area contributed by atoms with Crippen LogP contribution in [0.2, 0.25) is 0 Å². The molecule has 20 heavy (non-hydrogen) atoms. The Morgan fingerprint density at radius 3 is 2.95 bits per heavy atom. The molecular formula is C14H18N2O3S. The summed E-state index contributed by atoms with van der Waals surface area (Å²) in [6.45, 7) is 4.75. The van der Waals surface area contributed by atoms with Gasteiger partial charge in [-0.2, -0.15) is 0 Å². The summed E-state index contributed by atoms with van der Waals surface area (Å²) in [5.41, 5.74) is 1.85. The summed E-state index contributed by atoms with van der Waals surface area (Å²) in [5.74, 6) is -0.985. The third-order valence-electron chi connectivity index (χ3n) is 3.22. The fourth-order valence-electron chi connectivity index (χ4n) is 2.25. The van der Waals surface area contributed by atoms with Gasteiger partial charge in [0.05, 0.1) is 0 Å². The molecule has 0 spiro atoms. The number of urea groups is 1. The van der Waals surface area contributed by atoms with Crippen molar-refractivity contribution in [2.75, 3.05) is 13.1 Å². The second kappa shape index (κ2) is 6.09. The Morgan fingerprint density at radius 1 is 1.55 bits per heavy atom. The van der Waals surface area contributed by atoms with E-state index in [1.165, 1.54) is 4.90 Å². The highest BCUT2D eigenvalue weighted by Crippen LogP contribution is 2.33. The first-order chi connectivity index (χ1) is 9.50. The number of nitrogens with zero attached hydrogens (tertiary/aromatic N) is 1. The largest absolute Gasteiger partial charge is 0.479 e. The lowest BCUT2D eigenvalue weighted by atomic mass is 10.0. The summed E-state index contributed by atoms with van der Waals surface area (Å²) in [5, 5.41) is 14.0. The van der Waals surface area contributed by atoms with Crippen molar-refractivity contribution in [3.05, 3.63) is 33.5 Å². The van der Waals surface area contributed by atoms with E-state index in [2.05, 4.69) is 5.32 Å². The van der Waals surface area contributed by atoms with E-state index in [1.54, 1.807) is 17.4 Å². The SMILES string of the molecule is CC(C)=CCNC(=O)N1CCc2sccc2C1C(=O)O. The predicted molar refractivity (Wildman–Crippen MR) is 77.9 cm³/mol. The highest BCUT2D eigenvalue weighted by atomic mass is 32.1. The minimum Gasteiger partial charge on any atom is -0.479 e. The Bertz CT molecular complexity index is 546. The van der Waals surface area contributed by atoms with Crippen molar-refractivity contribution in [1.29, 1.82) is 0 Å². The Kier molecular flexibility index (Phi) is 4.44. The highest BCUT2D eigenvalue weighted by molar-refractivity contribution is 7.10. The lowest BCUT2D eigenvalue weighted by molar-refractivity contribution is -0.142. The lowest BCUT2D eigenvalue weighted by Gasteiger charge is -2.33. The van der Waals surface area contributed by atoms with Crippen LogP contribution in [0, 0.1) is 0 Å². The number of rotatable bonds is 3. The zero-order valence-electron chi connectivity index (χ0n) is 11.5. The van der Waals surface area contributed by atoms with Gasteiger partial charge in [0.1, 0.15) is 0 Å². The molecule has 1 unspecified atom stereocenters. The zero-order valence-corrected chi connectivity index (χ0v) is 12.4. The number of fused-ring (bicyclic) bond motifs is 1. The van der Waals surface area contributed by atoms with Crippen molar-refractivity contribution in [3.63, 3.8) is 0 Å². The van der Waals surface area contributed by atoms with Gasteiger partial charge >= 0.3 is 12.0 Å². The molecule has 5 nitrogen and oxygen atoms in total. The molecule has 0 bridgehead atoms. The van der Waals surface area contributed by atoms with Gasteiger partial charge in [0.15, 0.2) is 6.04 Å². The normalized spacial score (nSPS) is 17.3. The van der Waals surface area contributed by atoms with Crippen molar-refractivity contribution >= 4 is 23.3 Å². The maximum atomic E-state index is 12.2. The fourth-order valence-corrected chi connectivity index (χ4v) is 3.15. The second-order valence-electron chi connectivity index (χ2n) is 4.95. The van der Waals surface area contributed by atoms with Crippen molar-refractivity contribution < 1.29 is 14.7 Å². The number of hydrogen-bond acceptors (Lipinski definition) is 3. The molecule has 2 rings (SSSR count). The molecule has 108 valence electrons. The second-order valence-corrected chi connectivity index (χ2v) is 5.95. The van der Waals surface area contributed by atoms with Crippen molar-refractivity contribution in [2.45, 2.75) is 26.3 Å². The van der Waals surface area contributed by atoms with Crippen LogP contribution in [0.1, 0.15) is 30.3 Å². The topological polar surface area (TPSA) is 69.6 Å². The van der Waals surface area contributed by atoms with Gasteiger partial charge in [-0.25, -0.2) is 9.59 Å². The van der Waals surface area contributed by atoms with E-state index in [1.807, 2.05) is 25.3 Å². The first kappa shape index (κ1) is 14.6. The summed E-state index contributed by atoms with van der Waals surface area (Å²) in [4.78, 5) is 26.1. The average molecular weight is 294 g/mol. The van der Waals surface area contributed by atoms with Crippen molar-refractivity contribution in [2.24, 2.45) is 0 Å². The van der Waals surface area contributed by atoms with Gasteiger partial charge < -0.3 is 15.3 Å². The van der Waals surface area contributed by atoms with Crippen LogP contribution < -0.4 is 5.32 Å². The van der Waals surface area contributed by atoms with Crippen molar-refractivity contribution in [1.82, 2.24) is 10.2 Å². The molecule has 1 atom stereocenters. The standard InChI is InChI=1S/C14H18N2O3S/c1-9(2)3-6-15-14(19)16-7-4-11-10(5-8-20-11)12(16)13(17)18/h3,5,8,12H,4,6-7H2,1-2H3,(H,15,19)(H,17,18). The number of amides is 2. The summed E-state index contributed by atoms with van der Waals surface area (Å²) in [6.07, 6.45) is 2.61. The van der Waals surface area contributed by atoms with Gasteiger partial charge in [-0.1, -0.05) is 11.6 Å². The van der Waals surface area contributed by atoms with Crippen LogP contribution in [0.3, 0.4) is 0 Å². The first-order valence-corrected chi connectivity index (χ1v) is 7.35. The smallest absolute Gasteiger partial charge is 0.331 e. The fraction of sp³-hybridized carbons (Fsp3) is 0.429. The molecule has 0 aromatic carbocycles. The molecule has 0 radical (unpaired) electrons. The molecule has 0 aliphatic carbocycles. The maximum Gasteiger partial charge on any atom is 0.331 e. The van der Waals surface area contributed by atoms with E-state index < -0.39 is 12.0 Å². The third kappa shape index (κ3) is 3.01. The van der Waals surface area contributed by atoms with E-state index in [-0.39, 0.29) is 6.03 Å². The van der Waals surface area contributed by atoms with Gasteiger partial charge in [-0.15, -0.1) is 11.3 Å². The number of carbonyl (C=O) groups excluding carboxylic acids is 1. The van der Waals surface area contributed by atoms with Gasteiger partial charge in [0, 0.05) is 18.0 Å². The zero-order chi connectivity index (χ0) is 14.7. The summed E-state index contributed by atoms with van der Waals surface area (Å²) in [6, 6.07) is 0.595.